The third kappa shape index (κ3) is 7.59. The van der Waals surface area contributed by atoms with Gasteiger partial charge in [0.05, 0.1) is 18.7 Å². The van der Waals surface area contributed by atoms with Crippen LogP contribution in [0.2, 0.25) is 0 Å². The number of hydrogen-bond acceptors (Lipinski definition) is 5. The number of ether oxygens (including phenoxy) is 2. The van der Waals surface area contributed by atoms with Gasteiger partial charge < -0.3 is 25.2 Å². The minimum Gasteiger partial charge on any atom is -0.497 e. The highest BCUT2D eigenvalue weighted by Gasteiger charge is 2.20. The van der Waals surface area contributed by atoms with Gasteiger partial charge in [-0.05, 0) is 63.1 Å². The summed E-state index contributed by atoms with van der Waals surface area (Å²) in [5.74, 6) is -0.292. The molecule has 0 aliphatic carbocycles. The zero-order chi connectivity index (χ0) is 22.3. The fraction of sp³-hybridized carbons (Fsp3) is 0.364. The maximum absolute atomic E-state index is 12.3. The maximum Gasteiger partial charge on any atom is 0.407 e. The first-order valence-corrected chi connectivity index (χ1v) is 10.3. The number of benzene rings is 2. The Morgan fingerprint density at radius 1 is 1.13 bits per heavy atom. The Balaban J connectivity index is 2.16. The van der Waals surface area contributed by atoms with E-state index in [0.717, 1.165) is 11.3 Å². The average molecular weight is 479 g/mol. The molecule has 0 spiro atoms. The molecule has 2 rings (SSSR count). The molecule has 1 unspecified atom stereocenters. The molecule has 1 atom stereocenters. The van der Waals surface area contributed by atoms with Gasteiger partial charge in [-0.15, -0.1) is 0 Å². The van der Waals surface area contributed by atoms with E-state index >= 15 is 0 Å². The van der Waals surface area contributed by atoms with E-state index in [4.69, 9.17) is 9.47 Å². The summed E-state index contributed by atoms with van der Waals surface area (Å²) < 4.78 is 11.2. The van der Waals surface area contributed by atoms with E-state index in [1.54, 1.807) is 40.0 Å². The lowest BCUT2D eigenvalue weighted by molar-refractivity contribution is 0.0506. The van der Waals surface area contributed by atoms with Crippen LogP contribution in [0.1, 0.15) is 36.7 Å². The van der Waals surface area contributed by atoms with Crippen molar-refractivity contribution in [2.45, 2.75) is 38.8 Å². The monoisotopic (exact) mass is 478 g/mol. The predicted octanol–water partition coefficient (Wildman–Crippen LogP) is 4.70. The number of hydrogen-bond donors (Lipinski definition) is 3. The van der Waals surface area contributed by atoms with E-state index < -0.39 is 17.7 Å². The molecule has 8 heteroatoms. The normalized spacial score (nSPS) is 12.0. The molecule has 0 aromatic heterocycles. The Morgan fingerprint density at radius 2 is 1.80 bits per heavy atom. The molecule has 7 nitrogen and oxygen atoms in total. The van der Waals surface area contributed by atoms with Crippen molar-refractivity contribution in [1.82, 2.24) is 5.32 Å². The van der Waals surface area contributed by atoms with Crippen molar-refractivity contribution in [3.8, 4) is 5.75 Å². The second-order valence-corrected chi connectivity index (χ2v) is 8.69. The summed E-state index contributed by atoms with van der Waals surface area (Å²) in [6.45, 7) is 5.70. The van der Waals surface area contributed by atoms with Crippen LogP contribution in [0.25, 0.3) is 0 Å². The molecule has 0 bridgehead atoms. The molecule has 0 fully saturated rings. The van der Waals surface area contributed by atoms with Crippen LogP contribution in [0, 0.1) is 0 Å². The lowest BCUT2D eigenvalue weighted by Gasteiger charge is -2.24. The van der Waals surface area contributed by atoms with E-state index in [2.05, 4.69) is 26.6 Å². The molecule has 2 aromatic carbocycles. The van der Waals surface area contributed by atoms with Crippen molar-refractivity contribution in [3.05, 3.63) is 58.1 Å². The van der Waals surface area contributed by atoms with Gasteiger partial charge in [0.1, 0.15) is 11.4 Å². The molecular weight excluding hydrogens is 452 g/mol. The molecule has 2 aromatic rings. The summed E-state index contributed by atoms with van der Waals surface area (Å²) in [6.07, 6.45) is -0.00750. The van der Waals surface area contributed by atoms with Crippen LogP contribution in [-0.2, 0) is 11.2 Å². The number of carbonyl (C=O) groups excluding carboxylic acids is 1. The number of carboxylic acids is 1. The van der Waals surface area contributed by atoms with Crippen molar-refractivity contribution in [2.24, 2.45) is 0 Å². The molecule has 1 amide bonds. The Morgan fingerprint density at radius 3 is 2.37 bits per heavy atom. The largest absolute Gasteiger partial charge is 0.497 e. The number of nitrogens with one attached hydrogen (secondary N) is 2. The summed E-state index contributed by atoms with van der Waals surface area (Å²) >= 11 is 3.29. The van der Waals surface area contributed by atoms with E-state index in [1.165, 1.54) is 6.07 Å². The Labute approximate surface area is 184 Å². The summed E-state index contributed by atoms with van der Waals surface area (Å²) in [7, 11) is 1.60. The number of halogens is 1. The second-order valence-electron chi connectivity index (χ2n) is 7.77. The Hall–Kier alpha value is -2.74. The second kappa shape index (κ2) is 10.3. The molecule has 0 radical (unpaired) electrons. The van der Waals surface area contributed by atoms with Crippen LogP contribution in [0.15, 0.2) is 46.9 Å². The van der Waals surface area contributed by atoms with Gasteiger partial charge >= 0.3 is 12.1 Å². The summed E-state index contributed by atoms with van der Waals surface area (Å²) in [4.78, 5) is 23.9. The molecule has 0 saturated carbocycles. The van der Waals surface area contributed by atoms with E-state index in [0.29, 0.717) is 23.1 Å². The van der Waals surface area contributed by atoms with E-state index in [1.807, 2.05) is 24.3 Å². The Kier molecular flexibility index (Phi) is 8.11. The standard InChI is InChI=1S/C22H27BrN2O5/c1-22(2,3)30-21(28)25-16(11-14-5-8-17(29-4)9-6-14)13-24-19-10-7-15(23)12-18(19)20(26)27/h5-10,12,16,24H,11,13H2,1-4H3,(H,25,28)(H,26,27). The molecule has 162 valence electrons. The number of carbonyl (C=O) groups is 2. The number of anilines is 1. The highest BCUT2D eigenvalue weighted by molar-refractivity contribution is 9.10. The number of aromatic carboxylic acids is 1. The topological polar surface area (TPSA) is 96.9 Å². The van der Waals surface area contributed by atoms with Gasteiger partial charge in [0, 0.05) is 16.7 Å². The first-order chi connectivity index (χ1) is 14.1. The summed E-state index contributed by atoms with van der Waals surface area (Å²) in [5, 5.41) is 15.5. The lowest BCUT2D eigenvalue weighted by atomic mass is 10.1. The van der Waals surface area contributed by atoms with Crippen LogP contribution in [0.4, 0.5) is 10.5 Å². The number of alkyl carbamates (subject to hydrolysis) is 1. The highest BCUT2D eigenvalue weighted by atomic mass is 79.9. The van der Waals surface area contributed by atoms with Crippen molar-refractivity contribution in [3.63, 3.8) is 0 Å². The Bertz CT molecular complexity index is 878. The fourth-order valence-electron chi connectivity index (χ4n) is 2.78. The van der Waals surface area contributed by atoms with Gasteiger partial charge in [0.15, 0.2) is 0 Å². The van der Waals surface area contributed by atoms with Gasteiger partial charge in [0.25, 0.3) is 0 Å². The molecular formula is C22H27BrN2O5. The van der Waals surface area contributed by atoms with Gasteiger partial charge in [-0.25, -0.2) is 9.59 Å². The molecule has 0 aliphatic heterocycles. The number of carboxylic acid groups (broad SMARTS) is 1. The SMILES string of the molecule is COc1ccc(CC(CNc2ccc(Br)cc2C(=O)O)NC(=O)OC(C)(C)C)cc1. The van der Waals surface area contributed by atoms with Gasteiger partial charge in [-0.1, -0.05) is 28.1 Å². The highest BCUT2D eigenvalue weighted by Crippen LogP contribution is 2.21. The van der Waals surface area contributed by atoms with E-state index in [9.17, 15) is 14.7 Å². The van der Waals surface area contributed by atoms with Gasteiger partial charge in [-0.2, -0.15) is 0 Å². The predicted molar refractivity (Wildman–Crippen MR) is 119 cm³/mol. The first-order valence-electron chi connectivity index (χ1n) is 9.46. The van der Waals surface area contributed by atoms with Crippen molar-refractivity contribution >= 4 is 33.7 Å². The lowest BCUT2D eigenvalue weighted by Crippen LogP contribution is -2.43. The number of rotatable bonds is 8. The smallest absolute Gasteiger partial charge is 0.407 e. The molecule has 0 aliphatic rings. The van der Waals surface area contributed by atoms with Crippen LogP contribution in [0.5, 0.6) is 5.75 Å². The van der Waals surface area contributed by atoms with Gasteiger partial charge in [-0.3, -0.25) is 0 Å². The van der Waals surface area contributed by atoms with Gasteiger partial charge in [0.2, 0.25) is 0 Å². The minimum atomic E-state index is -1.04. The average Bonchev–Trinajstić information content (AvgIpc) is 2.65. The zero-order valence-electron chi connectivity index (χ0n) is 17.5. The molecule has 30 heavy (non-hydrogen) atoms. The third-order valence-electron chi connectivity index (χ3n) is 4.11. The summed E-state index contributed by atoms with van der Waals surface area (Å²) in [6, 6.07) is 12.2. The van der Waals surface area contributed by atoms with Crippen LogP contribution in [-0.4, -0.2) is 42.5 Å². The fourth-order valence-corrected chi connectivity index (χ4v) is 3.14. The first kappa shape index (κ1) is 23.5. The quantitative estimate of drug-likeness (QED) is 0.508. The van der Waals surface area contributed by atoms with E-state index in [-0.39, 0.29) is 11.6 Å². The summed E-state index contributed by atoms with van der Waals surface area (Å²) in [5.41, 5.74) is 0.985. The molecule has 0 heterocycles. The molecule has 3 N–H and O–H groups in total. The van der Waals surface area contributed by atoms with Crippen LogP contribution < -0.4 is 15.4 Å². The van der Waals surface area contributed by atoms with Crippen molar-refractivity contribution < 1.29 is 24.2 Å². The van der Waals surface area contributed by atoms with Crippen LogP contribution in [0.3, 0.4) is 0 Å². The zero-order valence-corrected chi connectivity index (χ0v) is 19.1. The van der Waals surface area contributed by atoms with Crippen molar-refractivity contribution in [1.29, 1.82) is 0 Å². The number of amides is 1. The third-order valence-corrected chi connectivity index (χ3v) is 4.61. The minimum absolute atomic E-state index is 0.143. The van der Waals surface area contributed by atoms with Crippen LogP contribution >= 0.6 is 15.9 Å². The van der Waals surface area contributed by atoms with Crippen molar-refractivity contribution in [2.75, 3.05) is 19.0 Å². The molecule has 0 saturated heterocycles. The number of methoxy groups -OCH3 is 1. The maximum atomic E-state index is 12.3.